The summed E-state index contributed by atoms with van der Waals surface area (Å²) in [4.78, 5) is 19.0. The van der Waals surface area contributed by atoms with E-state index in [4.69, 9.17) is 0 Å². The van der Waals surface area contributed by atoms with Crippen molar-refractivity contribution in [1.29, 1.82) is 0 Å². The van der Waals surface area contributed by atoms with Gasteiger partial charge in [-0.15, -0.1) is 16.4 Å². The summed E-state index contributed by atoms with van der Waals surface area (Å²) in [5, 5.41) is 13.9. The lowest BCUT2D eigenvalue weighted by Crippen LogP contribution is -2.39. The lowest BCUT2D eigenvalue weighted by Gasteiger charge is -2.31. The molecule has 2 aromatic rings. The van der Waals surface area contributed by atoms with Crippen LogP contribution in [0.4, 0.5) is 0 Å². The first-order chi connectivity index (χ1) is 11.7. The average Bonchev–Trinajstić information content (AvgIpc) is 3.26. The molecule has 7 nitrogen and oxygen atoms in total. The Kier molecular flexibility index (Phi) is 5.92. The Morgan fingerprint density at radius 3 is 2.92 bits per heavy atom. The Balaban J connectivity index is 1.35. The van der Waals surface area contributed by atoms with E-state index < -0.39 is 0 Å². The van der Waals surface area contributed by atoms with E-state index in [-0.39, 0.29) is 12.5 Å². The number of nitrogens with zero attached hydrogens (tertiary/aromatic N) is 5. The summed E-state index contributed by atoms with van der Waals surface area (Å²) in [6.45, 7) is 6.22. The molecule has 1 amide bonds. The first-order valence-corrected chi connectivity index (χ1v) is 9.37. The average molecular weight is 348 g/mol. The van der Waals surface area contributed by atoms with Crippen molar-refractivity contribution in [2.45, 2.75) is 39.3 Å². The zero-order valence-electron chi connectivity index (χ0n) is 14.0. The standard InChI is InChI=1S/C16H24N6OS/c1-2-16-19-14(12-24-16)10-21-6-3-13(4-7-21)9-17-15(23)11-22-8-5-18-20-22/h5,8,12-13H,2-4,6-7,9-11H2,1H3,(H,17,23). The van der Waals surface area contributed by atoms with E-state index in [0.717, 1.165) is 45.4 Å². The van der Waals surface area contributed by atoms with Crippen LogP contribution < -0.4 is 5.32 Å². The molecule has 1 aliphatic heterocycles. The van der Waals surface area contributed by atoms with Crippen molar-refractivity contribution in [3.8, 4) is 0 Å². The van der Waals surface area contributed by atoms with Gasteiger partial charge >= 0.3 is 0 Å². The van der Waals surface area contributed by atoms with Crippen LogP contribution in [0.1, 0.15) is 30.5 Å². The van der Waals surface area contributed by atoms with Gasteiger partial charge in [-0.05, 0) is 38.3 Å². The summed E-state index contributed by atoms with van der Waals surface area (Å²) in [6, 6.07) is 0. The van der Waals surface area contributed by atoms with Gasteiger partial charge in [0, 0.05) is 24.7 Å². The third-order valence-electron chi connectivity index (χ3n) is 4.36. The Hall–Kier alpha value is -1.80. The fourth-order valence-electron chi connectivity index (χ4n) is 2.94. The van der Waals surface area contributed by atoms with Gasteiger partial charge in [-0.25, -0.2) is 9.67 Å². The van der Waals surface area contributed by atoms with Gasteiger partial charge in [0.05, 0.1) is 16.9 Å². The number of piperidine rings is 1. The molecule has 1 N–H and O–H groups in total. The molecule has 0 radical (unpaired) electrons. The number of thiazole rings is 1. The topological polar surface area (TPSA) is 75.9 Å². The summed E-state index contributed by atoms with van der Waals surface area (Å²) < 4.78 is 1.54. The van der Waals surface area contributed by atoms with E-state index in [1.807, 2.05) is 0 Å². The Bertz CT molecular complexity index is 633. The summed E-state index contributed by atoms with van der Waals surface area (Å²) in [5.41, 5.74) is 1.19. The van der Waals surface area contributed by atoms with Crippen LogP contribution >= 0.6 is 11.3 Å². The molecule has 3 rings (SSSR count). The van der Waals surface area contributed by atoms with E-state index in [2.05, 4.69) is 37.8 Å². The molecule has 130 valence electrons. The number of likely N-dealkylation sites (tertiary alicyclic amines) is 1. The zero-order chi connectivity index (χ0) is 16.8. The lowest BCUT2D eigenvalue weighted by molar-refractivity contribution is -0.122. The van der Waals surface area contributed by atoms with Crippen LogP contribution in [0.15, 0.2) is 17.8 Å². The molecule has 1 saturated heterocycles. The van der Waals surface area contributed by atoms with Crippen molar-refractivity contribution in [2.75, 3.05) is 19.6 Å². The number of hydrogen-bond acceptors (Lipinski definition) is 6. The van der Waals surface area contributed by atoms with Crippen molar-refractivity contribution in [3.63, 3.8) is 0 Å². The van der Waals surface area contributed by atoms with Gasteiger partial charge in [0.25, 0.3) is 0 Å². The number of hydrogen-bond donors (Lipinski definition) is 1. The monoisotopic (exact) mass is 348 g/mol. The van der Waals surface area contributed by atoms with Crippen molar-refractivity contribution >= 4 is 17.2 Å². The molecule has 2 aromatic heterocycles. The molecule has 24 heavy (non-hydrogen) atoms. The predicted molar refractivity (Wildman–Crippen MR) is 92.5 cm³/mol. The molecule has 0 spiro atoms. The summed E-state index contributed by atoms with van der Waals surface area (Å²) >= 11 is 1.75. The van der Waals surface area contributed by atoms with E-state index in [1.54, 1.807) is 23.7 Å². The third kappa shape index (κ3) is 4.85. The predicted octanol–water partition coefficient (Wildman–Crippen LogP) is 1.33. The van der Waals surface area contributed by atoms with Crippen LogP contribution in [-0.4, -0.2) is 50.4 Å². The molecule has 1 fully saturated rings. The van der Waals surface area contributed by atoms with Crippen LogP contribution in [-0.2, 0) is 24.3 Å². The van der Waals surface area contributed by atoms with Gasteiger partial charge < -0.3 is 5.32 Å². The van der Waals surface area contributed by atoms with Gasteiger partial charge in [0.1, 0.15) is 6.54 Å². The molecule has 1 aliphatic rings. The number of carbonyl (C=O) groups excluding carboxylic acids is 1. The van der Waals surface area contributed by atoms with Gasteiger partial charge in [0.15, 0.2) is 0 Å². The quantitative estimate of drug-likeness (QED) is 0.817. The molecular weight excluding hydrogens is 324 g/mol. The maximum Gasteiger partial charge on any atom is 0.241 e. The number of carbonyl (C=O) groups is 1. The molecule has 3 heterocycles. The molecular formula is C16H24N6OS. The Morgan fingerprint density at radius 2 is 2.25 bits per heavy atom. The second-order valence-electron chi connectivity index (χ2n) is 6.21. The molecule has 8 heteroatoms. The van der Waals surface area contributed by atoms with Crippen LogP contribution in [0.5, 0.6) is 0 Å². The zero-order valence-corrected chi connectivity index (χ0v) is 14.8. The fraction of sp³-hybridized carbons (Fsp3) is 0.625. The number of rotatable bonds is 7. The number of aromatic nitrogens is 4. The highest BCUT2D eigenvalue weighted by molar-refractivity contribution is 7.09. The molecule has 0 unspecified atom stereocenters. The molecule has 0 bridgehead atoms. The first-order valence-electron chi connectivity index (χ1n) is 8.49. The first kappa shape index (κ1) is 17.0. The molecule has 0 saturated carbocycles. The largest absolute Gasteiger partial charge is 0.354 e. The SMILES string of the molecule is CCc1nc(CN2CCC(CNC(=O)Cn3ccnn3)CC2)cs1. The van der Waals surface area contributed by atoms with E-state index >= 15 is 0 Å². The minimum absolute atomic E-state index is 0.00232. The lowest BCUT2D eigenvalue weighted by atomic mass is 9.96. The molecule has 0 aromatic carbocycles. The Labute approximate surface area is 146 Å². The highest BCUT2D eigenvalue weighted by Gasteiger charge is 2.20. The van der Waals surface area contributed by atoms with E-state index in [9.17, 15) is 4.79 Å². The third-order valence-corrected chi connectivity index (χ3v) is 5.40. The number of amides is 1. The van der Waals surface area contributed by atoms with Gasteiger partial charge in [0.2, 0.25) is 5.91 Å². The van der Waals surface area contributed by atoms with Crippen molar-refractivity contribution < 1.29 is 4.79 Å². The van der Waals surface area contributed by atoms with Gasteiger partial charge in [-0.3, -0.25) is 9.69 Å². The van der Waals surface area contributed by atoms with E-state index in [1.165, 1.54) is 15.4 Å². The van der Waals surface area contributed by atoms with Crippen LogP contribution in [0.2, 0.25) is 0 Å². The second kappa shape index (κ2) is 8.34. The summed E-state index contributed by atoms with van der Waals surface area (Å²) in [7, 11) is 0. The minimum atomic E-state index is -0.00232. The van der Waals surface area contributed by atoms with Gasteiger partial charge in [-0.1, -0.05) is 12.1 Å². The maximum absolute atomic E-state index is 11.9. The maximum atomic E-state index is 11.9. The number of aryl methyl sites for hydroxylation is 1. The summed E-state index contributed by atoms with van der Waals surface area (Å²) in [6.07, 6.45) is 6.53. The summed E-state index contributed by atoms with van der Waals surface area (Å²) in [5.74, 6) is 0.556. The van der Waals surface area contributed by atoms with Crippen molar-refractivity contribution in [2.24, 2.45) is 5.92 Å². The Morgan fingerprint density at radius 1 is 1.42 bits per heavy atom. The second-order valence-corrected chi connectivity index (χ2v) is 7.15. The van der Waals surface area contributed by atoms with E-state index in [0.29, 0.717) is 5.92 Å². The van der Waals surface area contributed by atoms with Crippen LogP contribution in [0.3, 0.4) is 0 Å². The minimum Gasteiger partial charge on any atom is -0.354 e. The molecule has 0 aliphatic carbocycles. The van der Waals surface area contributed by atoms with Crippen molar-refractivity contribution in [1.82, 2.24) is 30.2 Å². The fourth-order valence-corrected chi connectivity index (χ4v) is 3.68. The smallest absolute Gasteiger partial charge is 0.241 e. The van der Waals surface area contributed by atoms with Crippen LogP contribution in [0, 0.1) is 5.92 Å². The number of nitrogens with one attached hydrogen (secondary N) is 1. The normalized spacial score (nSPS) is 16.4. The van der Waals surface area contributed by atoms with Gasteiger partial charge in [-0.2, -0.15) is 0 Å². The van der Waals surface area contributed by atoms with Crippen molar-refractivity contribution in [3.05, 3.63) is 28.5 Å². The highest BCUT2D eigenvalue weighted by atomic mass is 32.1. The molecule has 0 atom stereocenters. The van der Waals surface area contributed by atoms with Crippen LogP contribution in [0.25, 0.3) is 0 Å². The highest BCUT2D eigenvalue weighted by Crippen LogP contribution is 2.19.